The quantitative estimate of drug-likeness (QED) is 0.815. The average Bonchev–Trinajstić information content (AvgIpc) is 2.53. The number of rotatable bonds is 6. The number of hydrogen-bond acceptors (Lipinski definition) is 4. The third-order valence-electron chi connectivity index (χ3n) is 3.24. The Kier molecular flexibility index (Phi) is 10.0. The number of carbonyl (C=O) groups is 1. The summed E-state index contributed by atoms with van der Waals surface area (Å²) in [6.45, 7) is 4.21. The van der Waals surface area contributed by atoms with Gasteiger partial charge >= 0.3 is 0 Å². The molecule has 7 heteroatoms. The molecule has 0 saturated heterocycles. The highest BCUT2D eigenvalue weighted by atomic mass is 35.5. The largest absolute Gasteiger partial charge is 0.487 e. The van der Waals surface area contributed by atoms with Crippen LogP contribution < -0.4 is 15.8 Å². The van der Waals surface area contributed by atoms with Crippen LogP contribution in [0.25, 0.3) is 0 Å². The zero-order valence-corrected chi connectivity index (χ0v) is 15.3. The number of hydrogen-bond donors (Lipinski definition) is 2. The van der Waals surface area contributed by atoms with Gasteiger partial charge in [-0.15, -0.1) is 24.8 Å². The van der Waals surface area contributed by atoms with E-state index in [-0.39, 0.29) is 36.6 Å². The first kappa shape index (κ1) is 22.2. The Morgan fingerprint density at radius 2 is 1.96 bits per heavy atom. The molecule has 1 amide bonds. The first-order chi connectivity index (χ1) is 10.6. The van der Waals surface area contributed by atoms with Crippen LogP contribution in [0.1, 0.15) is 19.5 Å². The number of amides is 1. The highest BCUT2D eigenvalue weighted by Gasteiger charge is 2.17. The summed E-state index contributed by atoms with van der Waals surface area (Å²) in [6, 6.07) is 12.4. The molecule has 0 aliphatic heterocycles. The number of aromatic nitrogens is 1. The van der Waals surface area contributed by atoms with E-state index in [1.165, 1.54) is 0 Å². The molecular formula is C17H23Cl2N3O2. The first-order valence-corrected chi connectivity index (χ1v) is 7.25. The van der Waals surface area contributed by atoms with Crippen molar-refractivity contribution >= 4 is 36.4 Å². The summed E-state index contributed by atoms with van der Waals surface area (Å²) < 4.78 is 5.68. The Bertz CT molecular complexity index is 624. The van der Waals surface area contributed by atoms with Crippen LogP contribution in [0.15, 0.2) is 48.7 Å². The third-order valence-corrected chi connectivity index (χ3v) is 3.24. The SMILES string of the molecule is CC(C)C(N)C(=O)Nc1cccc(OCc2ccccn2)c1.Cl.Cl. The van der Waals surface area contributed by atoms with Crippen molar-refractivity contribution in [1.82, 2.24) is 4.98 Å². The summed E-state index contributed by atoms with van der Waals surface area (Å²) in [5, 5.41) is 2.80. The van der Waals surface area contributed by atoms with E-state index in [0.29, 0.717) is 18.0 Å². The molecule has 5 nitrogen and oxygen atoms in total. The van der Waals surface area contributed by atoms with E-state index in [1.807, 2.05) is 44.2 Å². The van der Waals surface area contributed by atoms with Gasteiger partial charge in [0.2, 0.25) is 5.91 Å². The van der Waals surface area contributed by atoms with Crippen LogP contribution in [-0.4, -0.2) is 16.9 Å². The zero-order valence-electron chi connectivity index (χ0n) is 13.6. The first-order valence-electron chi connectivity index (χ1n) is 7.25. The van der Waals surface area contributed by atoms with Gasteiger partial charge in [0.1, 0.15) is 12.4 Å². The molecule has 1 atom stereocenters. The van der Waals surface area contributed by atoms with Crippen LogP contribution >= 0.6 is 24.8 Å². The molecule has 0 bridgehead atoms. The summed E-state index contributed by atoms with van der Waals surface area (Å²) in [5.41, 5.74) is 7.34. The molecule has 3 N–H and O–H groups in total. The second-order valence-corrected chi connectivity index (χ2v) is 5.40. The lowest BCUT2D eigenvalue weighted by Gasteiger charge is -2.15. The fourth-order valence-corrected chi connectivity index (χ4v) is 1.83. The molecule has 0 aliphatic rings. The zero-order chi connectivity index (χ0) is 15.9. The smallest absolute Gasteiger partial charge is 0.241 e. The van der Waals surface area contributed by atoms with Crippen molar-refractivity contribution in [2.24, 2.45) is 11.7 Å². The third kappa shape index (κ3) is 6.74. The van der Waals surface area contributed by atoms with Crippen molar-refractivity contribution in [3.05, 3.63) is 54.4 Å². The summed E-state index contributed by atoms with van der Waals surface area (Å²) in [7, 11) is 0. The van der Waals surface area contributed by atoms with Gasteiger partial charge in [-0.05, 0) is 30.2 Å². The van der Waals surface area contributed by atoms with Crippen LogP contribution in [0.3, 0.4) is 0 Å². The van der Waals surface area contributed by atoms with Gasteiger partial charge in [0.25, 0.3) is 0 Å². The molecule has 1 aromatic carbocycles. The fourth-order valence-electron chi connectivity index (χ4n) is 1.83. The predicted octanol–water partition coefficient (Wildman–Crippen LogP) is 3.43. The number of pyridine rings is 1. The van der Waals surface area contributed by atoms with Crippen molar-refractivity contribution in [2.75, 3.05) is 5.32 Å². The molecule has 24 heavy (non-hydrogen) atoms. The van der Waals surface area contributed by atoms with E-state index in [1.54, 1.807) is 18.3 Å². The van der Waals surface area contributed by atoms with E-state index in [9.17, 15) is 4.79 Å². The highest BCUT2D eigenvalue weighted by molar-refractivity contribution is 5.94. The standard InChI is InChI=1S/C17H21N3O2.2ClH/c1-12(2)16(18)17(21)20-13-7-5-8-15(10-13)22-11-14-6-3-4-9-19-14;;/h3-10,12,16H,11,18H2,1-2H3,(H,20,21);2*1H. The molecule has 1 aromatic heterocycles. The minimum atomic E-state index is -0.530. The second-order valence-electron chi connectivity index (χ2n) is 5.40. The normalized spacial score (nSPS) is 11.0. The van der Waals surface area contributed by atoms with E-state index in [2.05, 4.69) is 10.3 Å². The average molecular weight is 372 g/mol. The maximum atomic E-state index is 12.0. The van der Waals surface area contributed by atoms with E-state index in [4.69, 9.17) is 10.5 Å². The lowest BCUT2D eigenvalue weighted by molar-refractivity contribution is -0.118. The topological polar surface area (TPSA) is 77.2 Å². The summed E-state index contributed by atoms with van der Waals surface area (Å²) >= 11 is 0. The number of benzene rings is 1. The lowest BCUT2D eigenvalue weighted by atomic mass is 10.0. The van der Waals surface area contributed by atoms with Crippen molar-refractivity contribution in [3.63, 3.8) is 0 Å². The van der Waals surface area contributed by atoms with Crippen molar-refractivity contribution in [1.29, 1.82) is 0 Å². The molecule has 0 aliphatic carbocycles. The molecule has 0 spiro atoms. The van der Waals surface area contributed by atoms with Gasteiger partial charge in [-0.25, -0.2) is 0 Å². The number of carbonyl (C=O) groups excluding carboxylic acids is 1. The molecule has 0 saturated carbocycles. The monoisotopic (exact) mass is 371 g/mol. The molecule has 1 unspecified atom stereocenters. The number of ether oxygens (including phenoxy) is 1. The highest BCUT2D eigenvalue weighted by Crippen LogP contribution is 2.18. The van der Waals surface area contributed by atoms with E-state index < -0.39 is 6.04 Å². The van der Waals surface area contributed by atoms with Crippen LogP contribution in [0.2, 0.25) is 0 Å². The number of nitrogens with two attached hydrogens (primary N) is 1. The van der Waals surface area contributed by atoms with Gasteiger partial charge in [0.05, 0.1) is 11.7 Å². The van der Waals surface area contributed by atoms with Gasteiger partial charge < -0.3 is 15.8 Å². The Hall–Kier alpha value is -1.82. The Labute approximate surface area is 154 Å². The van der Waals surface area contributed by atoms with Crippen molar-refractivity contribution < 1.29 is 9.53 Å². The number of nitrogens with zero attached hydrogens (tertiary/aromatic N) is 1. The van der Waals surface area contributed by atoms with Gasteiger partial charge in [0, 0.05) is 18.0 Å². The molecular weight excluding hydrogens is 349 g/mol. The molecule has 132 valence electrons. The van der Waals surface area contributed by atoms with Gasteiger partial charge in [-0.1, -0.05) is 26.0 Å². The summed E-state index contributed by atoms with van der Waals surface area (Å²) in [4.78, 5) is 16.2. The lowest BCUT2D eigenvalue weighted by Crippen LogP contribution is -2.39. The molecule has 2 rings (SSSR count). The Morgan fingerprint density at radius 1 is 1.21 bits per heavy atom. The minimum Gasteiger partial charge on any atom is -0.487 e. The number of nitrogens with one attached hydrogen (secondary N) is 1. The summed E-state index contributed by atoms with van der Waals surface area (Å²) in [5.74, 6) is 0.557. The van der Waals surface area contributed by atoms with Crippen LogP contribution in [0.4, 0.5) is 5.69 Å². The fraction of sp³-hybridized carbons (Fsp3) is 0.294. The predicted molar refractivity (Wildman–Crippen MR) is 101 cm³/mol. The van der Waals surface area contributed by atoms with Crippen LogP contribution in [-0.2, 0) is 11.4 Å². The number of halogens is 2. The maximum absolute atomic E-state index is 12.0. The second kappa shape index (κ2) is 10.9. The Morgan fingerprint density at radius 3 is 2.58 bits per heavy atom. The van der Waals surface area contributed by atoms with Gasteiger partial charge in [-0.2, -0.15) is 0 Å². The van der Waals surface area contributed by atoms with Gasteiger partial charge in [0.15, 0.2) is 0 Å². The number of anilines is 1. The Balaban J connectivity index is 0.00000264. The van der Waals surface area contributed by atoms with Gasteiger partial charge in [-0.3, -0.25) is 9.78 Å². The minimum absolute atomic E-state index is 0. The van der Waals surface area contributed by atoms with E-state index >= 15 is 0 Å². The van der Waals surface area contributed by atoms with Crippen LogP contribution in [0.5, 0.6) is 5.75 Å². The van der Waals surface area contributed by atoms with Crippen molar-refractivity contribution in [2.45, 2.75) is 26.5 Å². The molecule has 0 fully saturated rings. The maximum Gasteiger partial charge on any atom is 0.241 e. The van der Waals surface area contributed by atoms with Crippen LogP contribution in [0, 0.1) is 5.92 Å². The van der Waals surface area contributed by atoms with E-state index in [0.717, 1.165) is 5.69 Å². The summed E-state index contributed by atoms with van der Waals surface area (Å²) in [6.07, 6.45) is 1.72. The molecule has 2 aromatic rings. The van der Waals surface area contributed by atoms with Crippen molar-refractivity contribution in [3.8, 4) is 5.75 Å². The molecule has 0 radical (unpaired) electrons. The molecule has 1 heterocycles.